The Morgan fingerprint density at radius 1 is 1.50 bits per heavy atom. The zero-order valence-corrected chi connectivity index (χ0v) is 8.16. The van der Waals surface area contributed by atoms with Gasteiger partial charge in [-0.25, -0.2) is 0 Å². The second kappa shape index (κ2) is 3.40. The second-order valence-electron chi connectivity index (χ2n) is 3.38. The summed E-state index contributed by atoms with van der Waals surface area (Å²) >= 11 is 0. The van der Waals surface area contributed by atoms with Gasteiger partial charge in [0.05, 0.1) is 0 Å². The van der Waals surface area contributed by atoms with E-state index in [1.165, 1.54) is 0 Å². The topological polar surface area (TPSA) is 56.8 Å². The van der Waals surface area contributed by atoms with Crippen LogP contribution in [-0.2, 0) is 4.74 Å². The predicted molar refractivity (Wildman–Crippen MR) is 51.7 cm³/mol. The molecule has 0 radical (unpaired) electrons. The molecule has 0 spiro atoms. The minimum atomic E-state index is -0.504. The molecule has 14 heavy (non-hydrogen) atoms. The molecule has 0 aromatic carbocycles. The van der Waals surface area contributed by atoms with Crippen LogP contribution in [0.4, 0.5) is 0 Å². The quantitative estimate of drug-likeness (QED) is 0.590. The molecular formula is C11H10N2O. The fourth-order valence-corrected chi connectivity index (χ4v) is 1.24. The Bertz CT molecular complexity index is 398. The molecule has 0 atom stereocenters. The molecule has 0 aromatic rings. The third-order valence-corrected chi connectivity index (χ3v) is 2.04. The van der Waals surface area contributed by atoms with Crippen molar-refractivity contribution in [1.29, 1.82) is 10.5 Å². The number of hydrogen-bond donors (Lipinski definition) is 0. The molecule has 3 heteroatoms. The molecule has 1 aliphatic heterocycles. The zero-order chi connectivity index (χ0) is 10.8. The SMILES string of the molecule is C=CC1=CC(=C(C#N)C#N)OC1(C)C. The zero-order valence-electron chi connectivity index (χ0n) is 8.16. The van der Waals surface area contributed by atoms with Gasteiger partial charge in [-0.05, 0) is 25.5 Å². The van der Waals surface area contributed by atoms with Crippen LogP contribution in [0.2, 0.25) is 0 Å². The summed E-state index contributed by atoms with van der Waals surface area (Å²) in [5.74, 6) is 0.329. The van der Waals surface area contributed by atoms with Crippen LogP contribution in [0.5, 0.6) is 0 Å². The monoisotopic (exact) mass is 186 g/mol. The highest BCUT2D eigenvalue weighted by molar-refractivity contribution is 5.48. The van der Waals surface area contributed by atoms with E-state index < -0.39 is 5.60 Å². The molecule has 1 aliphatic rings. The molecule has 0 unspecified atom stereocenters. The molecule has 1 heterocycles. The van der Waals surface area contributed by atoms with E-state index >= 15 is 0 Å². The predicted octanol–water partition coefficient (Wildman–Crippen LogP) is 2.21. The van der Waals surface area contributed by atoms with Crippen LogP contribution in [0, 0.1) is 22.7 Å². The highest BCUT2D eigenvalue weighted by Crippen LogP contribution is 2.34. The van der Waals surface area contributed by atoms with E-state index in [-0.39, 0.29) is 5.57 Å². The molecular weight excluding hydrogens is 176 g/mol. The van der Waals surface area contributed by atoms with Crippen molar-refractivity contribution in [1.82, 2.24) is 0 Å². The van der Waals surface area contributed by atoms with Crippen LogP contribution in [0.15, 0.2) is 35.6 Å². The van der Waals surface area contributed by atoms with Crippen molar-refractivity contribution < 1.29 is 4.74 Å². The number of nitrogens with zero attached hydrogens (tertiary/aromatic N) is 2. The Balaban J connectivity index is 3.22. The lowest BCUT2D eigenvalue weighted by atomic mass is 10.00. The van der Waals surface area contributed by atoms with Crippen molar-refractivity contribution in [2.75, 3.05) is 0 Å². The molecule has 0 bridgehead atoms. The van der Waals surface area contributed by atoms with Gasteiger partial charge in [-0.3, -0.25) is 0 Å². The first-order valence-corrected chi connectivity index (χ1v) is 4.13. The van der Waals surface area contributed by atoms with Crippen molar-refractivity contribution in [3.05, 3.63) is 35.6 Å². The normalized spacial score (nSPS) is 17.4. The Morgan fingerprint density at radius 2 is 2.07 bits per heavy atom. The smallest absolute Gasteiger partial charge is 0.171 e. The maximum Gasteiger partial charge on any atom is 0.171 e. The van der Waals surface area contributed by atoms with E-state index in [2.05, 4.69) is 6.58 Å². The summed E-state index contributed by atoms with van der Waals surface area (Å²) in [4.78, 5) is 0. The van der Waals surface area contributed by atoms with Gasteiger partial charge in [-0.1, -0.05) is 12.7 Å². The number of ether oxygens (including phenoxy) is 1. The van der Waals surface area contributed by atoms with E-state index in [4.69, 9.17) is 15.3 Å². The minimum Gasteiger partial charge on any atom is -0.481 e. The first kappa shape index (κ1) is 10.1. The van der Waals surface area contributed by atoms with Crippen LogP contribution in [-0.4, -0.2) is 5.60 Å². The van der Waals surface area contributed by atoms with Crippen molar-refractivity contribution in [2.24, 2.45) is 0 Å². The van der Waals surface area contributed by atoms with Crippen LogP contribution in [0.1, 0.15) is 13.8 Å². The maximum atomic E-state index is 8.65. The van der Waals surface area contributed by atoms with Gasteiger partial charge in [0, 0.05) is 0 Å². The molecule has 0 saturated carbocycles. The van der Waals surface area contributed by atoms with Crippen LogP contribution < -0.4 is 0 Å². The summed E-state index contributed by atoms with van der Waals surface area (Å²) in [6.45, 7) is 7.37. The maximum absolute atomic E-state index is 8.65. The van der Waals surface area contributed by atoms with Crippen LogP contribution in [0.3, 0.4) is 0 Å². The number of hydrogen-bond acceptors (Lipinski definition) is 3. The summed E-state index contributed by atoms with van der Waals surface area (Å²) in [5.41, 5.74) is 0.362. The highest BCUT2D eigenvalue weighted by atomic mass is 16.5. The van der Waals surface area contributed by atoms with E-state index in [0.717, 1.165) is 5.57 Å². The molecule has 0 N–H and O–H groups in total. The van der Waals surface area contributed by atoms with Crippen molar-refractivity contribution in [3.63, 3.8) is 0 Å². The number of nitriles is 2. The fraction of sp³-hybridized carbons (Fsp3) is 0.273. The number of rotatable bonds is 1. The minimum absolute atomic E-state index is 0.00470. The first-order chi connectivity index (χ1) is 6.55. The summed E-state index contributed by atoms with van der Waals surface area (Å²) in [6, 6.07) is 3.58. The van der Waals surface area contributed by atoms with Gasteiger partial charge in [0.2, 0.25) is 0 Å². The van der Waals surface area contributed by atoms with E-state index in [1.807, 2.05) is 13.8 Å². The Kier molecular flexibility index (Phi) is 2.45. The molecule has 0 aromatic heterocycles. The van der Waals surface area contributed by atoms with Gasteiger partial charge in [0.25, 0.3) is 0 Å². The standard InChI is InChI=1S/C11H10N2O/c1-4-9-5-10(8(6-12)7-13)14-11(9,2)3/h4-5H,1H2,2-3H3. The van der Waals surface area contributed by atoms with Crippen LogP contribution in [0.25, 0.3) is 0 Å². The van der Waals surface area contributed by atoms with Crippen molar-refractivity contribution in [2.45, 2.75) is 19.4 Å². The molecule has 0 saturated heterocycles. The first-order valence-electron chi connectivity index (χ1n) is 4.13. The van der Waals surface area contributed by atoms with Crippen molar-refractivity contribution in [3.8, 4) is 12.1 Å². The van der Waals surface area contributed by atoms with E-state index in [9.17, 15) is 0 Å². The summed E-state index contributed by atoms with van der Waals surface area (Å²) in [5, 5.41) is 17.3. The Morgan fingerprint density at radius 3 is 2.43 bits per heavy atom. The largest absolute Gasteiger partial charge is 0.481 e. The van der Waals surface area contributed by atoms with Gasteiger partial charge < -0.3 is 4.74 Å². The van der Waals surface area contributed by atoms with Crippen LogP contribution >= 0.6 is 0 Å². The molecule has 0 aliphatic carbocycles. The molecule has 1 rings (SSSR count). The third kappa shape index (κ3) is 1.53. The highest BCUT2D eigenvalue weighted by Gasteiger charge is 2.31. The lowest BCUT2D eigenvalue weighted by molar-refractivity contribution is 0.0959. The van der Waals surface area contributed by atoms with E-state index in [0.29, 0.717) is 5.76 Å². The van der Waals surface area contributed by atoms with Gasteiger partial charge >= 0.3 is 0 Å². The van der Waals surface area contributed by atoms with Gasteiger partial charge in [-0.15, -0.1) is 0 Å². The summed E-state index contributed by atoms with van der Waals surface area (Å²) in [7, 11) is 0. The van der Waals surface area contributed by atoms with E-state index in [1.54, 1.807) is 24.3 Å². The molecule has 0 amide bonds. The third-order valence-electron chi connectivity index (χ3n) is 2.04. The molecule has 0 fully saturated rings. The average molecular weight is 186 g/mol. The lowest BCUT2D eigenvalue weighted by Gasteiger charge is -2.20. The lowest BCUT2D eigenvalue weighted by Crippen LogP contribution is -2.20. The van der Waals surface area contributed by atoms with Gasteiger partial charge in [0.1, 0.15) is 23.5 Å². The van der Waals surface area contributed by atoms with Crippen molar-refractivity contribution >= 4 is 0 Å². The second-order valence-corrected chi connectivity index (χ2v) is 3.38. The van der Waals surface area contributed by atoms with Gasteiger partial charge in [0.15, 0.2) is 5.57 Å². The summed E-state index contributed by atoms with van der Waals surface area (Å²) in [6.07, 6.45) is 3.34. The fourth-order valence-electron chi connectivity index (χ4n) is 1.24. The molecule has 70 valence electrons. The Labute approximate surface area is 83.2 Å². The summed E-state index contributed by atoms with van der Waals surface area (Å²) < 4.78 is 5.47. The molecule has 3 nitrogen and oxygen atoms in total. The Hall–Kier alpha value is -2.00. The van der Waals surface area contributed by atoms with Gasteiger partial charge in [-0.2, -0.15) is 10.5 Å². The number of allylic oxidation sites excluding steroid dienone is 2. The average Bonchev–Trinajstić information content (AvgIpc) is 2.43.